The second kappa shape index (κ2) is 17.2. The van der Waals surface area contributed by atoms with Crippen molar-refractivity contribution >= 4 is 63.4 Å². The number of hydrogen-bond donors (Lipinski definition) is 2. The monoisotopic (exact) mass is 676 g/mol. The van der Waals surface area contributed by atoms with E-state index in [0.29, 0.717) is 55.7 Å². The number of ether oxygens (including phenoxy) is 1. The average Bonchev–Trinajstić information content (AvgIpc) is 3.31. The van der Waals surface area contributed by atoms with Gasteiger partial charge in [-0.15, -0.1) is 24.8 Å². The van der Waals surface area contributed by atoms with Crippen LogP contribution in [0.5, 0.6) is 0 Å². The molecule has 0 unspecified atom stereocenters. The Bertz CT molecular complexity index is 1660. The van der Waals surface area contributed by atoms with Crippen LogP contribution in [0.2, 0.25) is 0 Å². The molecular weight excluding hydrogens is 635 g/mol. The molecule has 3 aromatic carbocycles. The number of halogens is 2. The van der Waals surface area contributed by atoms with E-state index in [1.807, 2.05) is 61.5 Å². The third-order valence-electron chi connectivity index (χ3n) is 7.09. The van der Waals surface area contributed by atoms with Crippen molar-refractivity contribution in [2.24, 2.45) is 5.73 Å². The lowest BCUT2D eigenvalue weighted by atomic mass is 10.1. The number of anilines is 1. The number of carbonyl (C=O) groups is 1. The highest BCUT2D eigenvalue weighted by atomic mass is 35.5. The summed E-state index contributed by atoms with van der Waals surface area (Å²) in [4.78, 5) is 19.2. The minimum Gasteiger partial charge on any atom is -0.466 e. The SMILES string of the molecule is CCOC(=O)CCCn1c(Cc2ccc(C(=N)N)cc2)nc2cc(N(CCCN(C)C)S(=O)(=O)c3ccccc3)ccc21.Cl.Cl. The second-order valence-corrected chi connectivity index (χ2v) is 12.5. The molecule has 0 aliphatic heterocycles. The van der Waals surface area contributed by atoms with Gasteiger partial charge in [-0.3, -0.25) is 14.5 Å². The molecule has 0 saturated heterocycles. The van der Waals surface area contributed by atoms with Crippen LogP contribution in [0.1, 0.15) is 43.1 Å². The molecule has 1 heterocycles. The fourth-order valence-electron chi connectivity index (χ4n) is 4.95. The molecule has 1 aromatic heterocycles. The number of benzene rings is 3. The predicted molar refractivity (Wildman–Crippen MR) is 185 cm³/mol. The molecule has 0 aliphatic carbocycles. The molecule has 4 aromatic rings. The Morgan fingerprint density at radius 2 is 1.67 bits per heavy atom. The molecule has 0 spiro atoms. The maximum atomic E-state index is 13.8. The first-order valence-electron chi connectivity index (χ1n) is 14.4. The van der Waals surface area contributed by atoms with Crippen LogP contribution in [-0.4, -0.2) is 68.5 Å². The van der Waals surface area contributed by atoms with Crippen molar-refractivity contribution < 1.29 is 17.9 Å². The second-order valence-electron chi connectivity index (χ2n) is 10.6. The van der Waals surface area contributed by atoms with Crippen LogP contribution in [-0.2, 0) is 32.5 Å². The fraction of sp³-hybridized carbons (Fsp3) is 0.344. The van der Waals surface area contributed by atoms with E-state index in [9.17, 15) is 13.2 Å². The summed E-state index contributed by atoms with van der Waals surface area (Å²) in [7, 11) is 0.117. The van der Waals surface area contributed by atoms with Gasteiger partial charge in [0.15, 0.2) is 0 Å². The molecule has 0 aliphatic rings. The Morgan fingerprint density at radius 1 is 0.978 bits per heavy atom. The van der Waals surface area contributed by atoms with Gasteiger partial charge in [0, 0.05) is 31.5 Å². The third-order valence-corrected chi connectivity index (χ3v) is 8.93. The summed E-state index contributed by atoms with van der Waals surface area (Å²) >= 11 is 0. The Hall–Kier alpha value is -3.64. The first-order chi connectivity index (χ1) is 20.6. The minimum absolute atomic E-state index is 0. The number of sulfonamides is 1. The lowest BCUT2D eigenvalue weighted by Gasteiger charge is -2.25. The van der Waals surface area contributed by atoms with Gasteiger partial charge in [0.25, 0.3) is 10.0 Å². The molecule has 0 fully saturated rings. The quantitative estimate of drug-likeness (QED) is 0.0998. The van der Waals surface area contributed by atoms with Crippen LogP contribution >= 0.6 is 24.8 Å². The number of hydrogen-bond acceptors (Lipinski definition) is 7. The molecule has 0 amide bonds. The van der Waals surface area contributed by atoms with Gasteiger partial charge in [-0.2, -0.15) is 0 Å². The summed E-state index contributed by atoms with van der Waals surface area (Å²) in [5.74, 6) is 0.553. The average molecular weight is 678 g/mol. The zero-order valence-corrected chi connectivity index (χ0v) is 28.3. The zero-order chi connectivity index (χ0) is 31.0. The molecular formula is C32H42Cl2N6O4S. The van der Waals surface area contributed by atoms with Crippen molar-refractivity contribution in [3.63, 3.8) is 0 Å². The van der Waals surface area contributed by atoms with Crippen molar-refractivity contribution in [2.75, 3.05) is 38.1 Å². The highest BCUT2D eigenvalue weighted by Gasteiger charge is 2.25. The van der Waals surface area contributed by atoms with Crippen LogP contribution in [0, 0.1) is 5.41 Å². The molecule has 45 heavy (non-hydrogen) atoms. The molecule has 3 N–H and O–H groups in total. The van der Waals surface area contributed by atoms with Crippen molar-refractivity contribution in [1.29, 1.82) is 5.41 Å². The number of esters is 1. The largest absolute Gasteiger partial charge is 0.466 e. The van der Waals surface area contributed by atoms with Gasteiger partial charge in [0.2, 0.25) is 0 Å². The summed E-state index contributed by atoms with van der Waals surface area (Å²) < 4.78 is 36.3. The van der Waals surface area contributed by atoms with Crippen LogP contribution in [0.25, 0.3) is 11.0 Å². The topological polar surface area (TPSA) is 135 Å². The van der Waals surface area contributed by atoms with E-state index >= 15 is 0 Å². The van der Waals surface area contributed by atoms with E-state index in [0.717, 1.165) is 23.4 Å². The third kappa shape index (κ3) is 9.67. The van der Waals surface area contributed by atoms with Crippen molar-refractivity contribution in [1.82, 2.24) is 14.5 Å². The highest BCUT2D eigenvalue weighted by Crippen LogP contribution is 2.29. The predicted octanol–water partition coefficient (Wildman–Crippen LogP) is 5.25. The Balaban J connectivity index is 0.00000353. The highest BCUT2D eigenvalue weighted by molar-refractivity contribution is 7.92. The number of carbonyl (C=O) groups excluding carboxylic acids is 1. The van der Waals surface area contributed by atoms with Crippen LogP contribution in [0.3, 0.4) is 0 Å². The molecule has 0 saturated carbocycles. The molecule has 0 radical (unpaired) electrons. The molecule has 0 atom stereocenters. The molecule has 4 rings (SSSR count). The fourth-order valence-corrected chi connectivity index (χ4v) is 6.46. The van der Waals surface area contributed by atoms with Crippen LogP contribution in [0.15, 0.2) is 77.7 Å². The number of nitrogens with two attached hydrogens (primary N) is 1. The number of nitrogens with zero attached hydrogens (tertiary/aromatic N) is 4. The Labute approximate surface area is 277 Å². The number of aromatic nitrogens is 2. The van der Waals surface area contributed by atoms with E-state index in [4.69, 9.17) is 20.9 Å². The summed E-state index contributed by atoms with van der Waals surface area (Å²) in [6.07, 6.45) is 2.02. The van der Waals surface area contributed by atoms with Crippen LogP contribution in [0.4, 0.5) is 5.69 Å². The number of amidine groups is 1. The van der Waals surface area contributed by atoms with Gasteiger partial charge >= 0.3 is 5.97 Å². The summed E-state index contributed by atoms with van der Waals surface area (Å²) in [5.41, 5.74) is 9.33. The smallest absolute Gasteiger partial charge is 0.305 e. The summed E-state index contributed by atoms with van der Waals surface area (Å²) in [5, 5.41) is 7.67. The van der Waals surface area contributed by atoms with Gasteiger partial charge < -0.3 is 19.9 Å². The van der Waals surface area contributed by atoms with Gasteiger partial charge in [0.05, 0.1) is 28.2 Å². The Kier molecular flexibility index (Phi) is 14.3. The lowest BCUT2D eigenvalue weighted by Crippen LogP contribution is -2.33. The van der Waals surface area contributed by atoms with Crippen molar-refractivity contribution in [2.45, 2.75) is 44.0 Å². The number of nitrogens with one attached hydrogen (secondary N) is 1. The zero-order valence-electron chi connectivity index (χ0n) is 25.8. The van der Waals surface area contributed by atoms with Crippen molar-refractivity contribution in [3.05, 3.63) is 89.7 Å². The lowest BCUT2D eigenvalue weighted by molar-refractivity contribution is -0.143. The molecule has 244 valence electrons. The maximum absolute atomic E-state index is 13.8. The number of nitrogen functional groups attached to an aromatic ring is 1. The minimum atomic E-state index is -3.81. The molecule has 0 bridgehead atoms. The van der Waals surface area contributed by atoms with Gasteiger partial charge in [-0.1, -0.05) is 42.5 Å². The number of imidazole rings is 1. The number of aryl methyl sites for hydroxylation is 1. The van der Waals surface area contributed by atoms with Gasteiger partial charge in [-0.25, -0.2) is 13.4 Å². The summed E-state index contributed by atoms with van der Waals surface area (Å²) in [6.45, 7) is 3.73. The van der Waals surface area contributed by atoms with E-state index in [-0.39, 0.29) is 47.9 Å². The van der Waals surface area contributed by atoms with E-state index < -0.39 is 10.0 Å². The van der Waals surface area contributed by atoms with E-state index in [1.54, 1.807) is 37.3 Å². The maximum Gasteiger partial charge on any atom is 0.305 e. The molecule has 10 nitrogen and oxygen atoms in total. The van der Waals surface area contributed by atoms with Crippen LogP contribution < -0.4 is 10.0 Å². The van der Waals surface area contributed by atoms with Crippen molar-refractivity contribution in [3.8, 4) is 0 Å². The number of fused-ring (bicyclic) bond motifs is 1. The van der Waals surface area contributed by atoms with Gasteiger partial charge in [-0.05, 0) is 76.3 Å². The van der Waals surface area contributed by atoms with Gasteiger partial charge in [0.1, 0.15) is 11.7 Å². The first-order valence-corrected chi connectivity index (χ1v) is 15.8. The van der Waals surface area contributed by atoms with E-state index in [2.05, 4.69) is 4.57 Å². The Morgan fingerprint density at radius 3 is 2.29 bits per heavy atom. The summed E-state index contributed by atoms with van der Waals surface area (Å²) in [6, 6.07) is 21.5. The standard InChI is InChI=1S/C32H40N6O4S.2ClH/c1-4-42-31(39)12-8-20-37-29-18-17-26(23-28(29)35-30(37)22-24-13-15-25(16-14-24)32(33)34)38(21-9-19-36(2)3)43(40,41)27-10-6-5-7-11-27;;/h5-7,10-11,13-18,23H,4,8-9,12,19-22H2,1-3H3,(H3,33,34);2*1H. The normalized spacial score (nSPS) is 11.1. The molecule has 13 heteroatoms. The first kappa shape index (κ1) is 37.5. The van der Waals surface area contributed by atoms with E-state index in [1.165, 1.54) is 4.31 Å². The number of rotatable bonds is 15.